The molecule has 0 unspecified atom stereocenters. The van der Waals surface area contributed by atoms with Gasteiger partial charge in [0, 0.05) is 38.9 Å². The molecule has 3 rings (SSSR count). The fourth-order valence-corrected chi connectivity index (χ4v) is 3.37. The Bertz CT molecular complexity index is 528. The number of amides is 2. The molecule has 6 nitrogen and oxygen atoms in total. The van der Waals surface area contributed by atoms with E-state index in [9.17, 15) is 4.79 Å². The number of urea groups is 1. The van der Waals surface area contributed by atoms with Crippen molar-refractivity contribution in [2.45, 2.75) is 32.7 Å². The number of anilines is 1. The van der Waals surface area contributed by atoms with Crippen LogP contribution in [0.1, 0.15) is 31.7 Å². The van der Waals surface area contributed by atoms with Crippen molar-refractivity contribution in [3.05, 3.63) is 23.9 Å². The predicted molar refractivity (Wildman–Crippen MR) is 94.1 cm³/mol. The van der Waals surface area contributed by atoms with Crippen LogP contribution >= 0.6 is 0 Å². The van der Waals surface area contributed by atoms with E-state index in [1.54, 1.807) is 0 Å². The summed E-state index contributed by atoms with van der Waals surface area (Å²) in [5, 5.41) is 3.03. The van der Waals surface area contributed by atoms with Gasteiger partial charge in [0.05, 0.1) is 13.2 Å². The molecular weight excluding hydrogens is 304 g/mol. The van der Waals surface area contributed by atoms with Crippen LogP contribution in [0.25, 0.3) is 0 Å². The van der Waals surface area contributed by atoms with Crippen molar-refractivity contribution in [3.63, 3.8) is 0 Å². The molecule has 0 bridgehead atoms. The summed E-state index contributed by atoms with van der Waals surface area (Å²) in [5.41, 5.74) is 1.03. The molecule has 132 valence electrons. The third kappa shape index (κ3) is 4.38. The first-order valence-corrected chi connectivity index (χ1v) is 9.06. The van der Waals surface area contributed by atoms with Crippen LogP contribution < -0.4 is 10.2 Å². The maximum Gasteiger partial charge on any atom is 0.317 e. The minimum Gasteiger partial charge on any atom is -0.378 e. The van der Waals surface area contributed by atoms with Crippen molar-refractivity contribution in [1.82, 2.24) is 15.2 Å². The fourth-order valence-electron chi connectivity index (χ4n) is 3.37. The Morgan fingerprint density at radius 2 is 2.17 bits per heavy atom. The number of aromatic nitrogens is 1. The van der Waals surface area contributed by atoms with Crippen molar-refractivity contribution in [1.29, 1.82) is 0 Å². The van der Waals surface area contributed by atoms with Gasteiger partial charge in [0.15, 0.2) is 0 Å². The van der Waals surface area contributed by atoms with Crippen LogP contribution in [0.3, 0.4) is 0 Å². The van der Waals surface area contributed by atoms with Gasteiger partial charge in [-0.05, 0) is 30.4 Å². The summed E-state index contributed by atoms with van der Waals surface area (Å²) in [7, 11) is 0. The lowest BCUT2D eigenvalue weighted by atomic mass is 9.96. The number of carbonyl (C=O) groups is 1. The van der Waals surface area contributed by atoms with Crippen molar-refractivity contribution < 1.29 is 9.53 Å². The third-order valence-electron chi connectivity index (χ3n) is 4.97. The van der Waals surface area contributed by atoms with E-state index in [1.807, 2.05) is 23.2 Å². The average Bonchev–Trinajstić information content (AvgIpc) is 2.67. The fraction of sp³-hybridized carbons (Fsp3) is 0.667. The highest BCUT2D eigenvalue weighted by atomic mass is 16.5. The van der Waals surface area contributed by atoms with Gasteiger partial charge in [-0.25, -0.2) is 9.78 Å². The molecule has 0 radical (unpaired) electrons. The second-order valence-corrected chi connectivity index (χ2v) is 6.65. The Balaban J connectivity index is 1.48. The Kier molecular flexibility index (Phi) is 5.91. The Hall–Kier alpha value is -1.82. The highest BCUT2D eigenvalue weighted by Gasteiger charge is 2.22. The Morgan fingerprint density at radius 1 is 1.33 bits per heavy atom. The van der Waals surface area contributed by atoms with Crippen molar-refractivity contribution in [3.8, 4) is 0 Å². The molecule has 1 aromatic heterocycles. The van der Waals surface area contributed by atoms with Gasteiger partial charge in [-0.15, -0.1) is 0 Å². The van der Waals surface area contributed by atoms with Crippen molar-refractivity contribution in [2.24, 2.45) is 5.92 Å². The molecular formula is C18H28N4O2. The van der Waals surface area contributed by atoms with Crippen molar-refractivity contribution in [2.75, 3.05) is 44.3 Å². The van der Waals surface area contributed by atoms with E-state index in [0.717, 1.165) is 63.6 Å². The first kappa shape index (κ1) is 17.0. The highest BCUT2D eigenvalue weighted by Crippen LogP contribution is 2.19. The number of nitrogens with one attached hydrogen (secondary N) is 1. The van der Waals surface area contributed by atoms with Gasteiger partial charge in [0.1, 0.15) is 5.82 Å². The Morgan fingerprint density at radius 3 is 2.88 bits per heavy atom. The molecule has 2 amide bonds. The number of hydrogen-bond acceptors (Lipinski definition) is 4. The lowest BCUT2D eigenvalue weighted by Gasteiger charge is -2.32. The zero-order valence-electron chi connectivity index (χ0n) is 14.5. The smallest absolute Gasteiger partial charge is 0.317 e. The van der Waals surface area contributed by atoms with Gasteiger partial charge in [-0.1, -0.05) is 19.4 Å². The van der Waals surface area contributed by atoms with Crippen molar-refractivity contribution >= 4 is 11.8 Å². The number of hydrogen-bond donors (Lipinski definition) is 1. The zero-order valence-corrected chi connectivity index (χ0v) is 14.5. The van der Waals surface area contributed by atoms with Crippen LogP contribution in [-0.2, 0) is 11.3 Å². The third-order valence-corrected chi connectivity index (χ3v) is 4.97. The molecule has 0 spiro atoms. The number of nitrogens with zero attached hydrogens (tertiary/aromatic N) is 3. The normalized spacial score (nSPS) is 21.6. The summed E-state index contributed by atoms with van der Waals surface area (Å²) in [4.78, 5) is 21.0. The minimum atomic E-state index is 0.0467. The standard InChI is InChI=1S/C18H28N4O2/c1-2-15-4-3-7-22(14-15)18(23)20-13-16-5-6-17(19-12-16)21-8-10-24-11-9-21/h5-6,12,15H,2-4,7-11,13-14H2,1H3,(H,20,23)/t15-/m1/s1. The van der Waals surface area contributed by atoms with Crippen LogP contribution in [0.4, 0.5) is 10.6 Å². The van der Waals surface area contributed by atoms with E-state index in [-0.39, 0.29) is 6.03 Å². The van der Waals surface area contributed by atoms with Gasteiger partial charge in [-0.3, -0.25) is 0 Å². The molecule has 0 saturated carbocycles. The summed E-state index contributed by atoms with van der Waals surface area (Å²) < 4.78 is 5.36. The summed E-state index contributed by atoms with van der Waals surface area (Å²) in [5.74, 6) is 1.63. The molecule has 6 heteroatoms. The van der Waals surface area contributed by atoms with Crippen LogP contribution in [-0.4, -0.2) is 55.3 Å². The molecule has 0 aliphatic carbocycles. The predicted octanol–water partition coefficient (Wildman–Crippen LogP) is 2.25. The summed E-state index contributed by atoms with van der Waals surface area (Å²) >= 11 is 0. The molecule has 24 heavy (non-hydrogen) atoms. The number of morpholine rings is 1. The molecule has 2 fully saturated rings. The first-order chi connectivity index (χ1) is 11.8. The monoisotopic (exact) mass is 332 g/mol. The number of likely N-dealkylation sites (tertiary alicyclic amines) is 1. The number of carbonyl (C=O) groups excluding carboxylic acids is 1. The van der Waals surface area contributed by atoms with E-state index in [4.69, 9.17) is 4.74 Å². The number of piperidine rings is 1. The lowest BCUT2D eigenvalue weighted by molar-refractivity contribution is 0.122. The average molecular weight is 332 g/mol. The zero-order chi connectivity index (χ0) is 16.8. The maximum atomic E-state index is 12.3. The van der Waals surface area contributed by atoms with Crippen LogP contribution in [0.5, 0.6) is 0 Å². The largest absolute Gasteiger partial charge is 0.378 e. The summed E-state index contributed by atoms with van der Waals surface area (Å²) in [6.45, 7) is 7.78. The van der Waals surface area contributed by atoms with Crippen LogP contribution in [0.15, 0.2) is 18.3 Å². The van der Waals surface area contributed by atoms with Gasteiger partial charge in [0.25, 0.3) is 0 Å². The molecule has 0 aromatic carbocycles. The van der Waals surface area contributed by atoms with E-state index < -0.39 is 0 Å². The van der Waals surface area contributed by atoms with Crippen LogP contribution in [0.2, 0.25) is 0 Å². The number of pyridine rings is 1. The second-order valence-electron chi connectivity index (χ2n) is 6.65. The SMILES string of the molecule is CC[C@@H]1CCCN(C(=O)NCc2ccc(N3CCOCC3)nc2)C1. The molecule has 1 aromatic rings. The van der Waals surface area contributed by atoms with Gasteiger partial charge in [-0.2, -0.15) is 0 Å². The summed E-state index contributed by atoms with van der Waals surface area (Å²) in [6.07, 6.45) is 5.36. The van der Waals surface area contributed by atoms with Gasteiger partial charge < -0.3 is 19.9 Å². The number of rotatable bonds is 4. The van der Waals surface area contributed by atoms with Gasteiger partial charge in [0.2, 0.25) is 0 Å². The molecule has 2 saturated heterocycles. The van der Waals surface area contributed by atoms with E-state index in [0.29, 0.717) is 12.5 Å². The molecule has 1 N–H and O–H groups in total. The quantitative estimate of drug-likeness (QED) is 0.919. The molecule has 2 aliphatic rings. The van der Waals surface area contributed by atoms with Gasteiger partial charge >= 0.3 is 6.03 Å². The van der Waals surface area contributed by atoms with E-state index in [1.165, 1.54) is 6.42 Å². The minimum absolute atomic E-state index is 0.0467. The number of ether oxygens (including phenoxy) is 1. The first-order valence-electron chi connectivity index (χ1n) is 9.06. The molecule has 3 heterocycles. The van der Waals surface area contributed by atoms with E-state index >= 15 is 0 Å². The molecule has 1 atom stereocenters. The van der Waals surface area contributed by atoms with E-state index in [2.05, 4.69) is 22.1 Å². The topological polar surface area (TPSA) is 57.7 Å². The lowest BCUT2D eigenvalue weighted by Crippen LogP contribution is -2.45. The highest BCUT2D eigenvalue weighted by molar-refractivity contribution is 5.74. The van der Waals surface area contributed by atoms with Crippen LogP contribution in [0, 0.1) is 5.92 Å². The maximum absolute atomic E-state index is 12.3. The summed E-state index contributed by atoms with van der Waals surface area (Å²) in [6, 6.07) is 4.12. The second kappa shape index (κ2) is 8.33. The Labute approximate surface area is 144 Å². The molecule has 2 aliphatic heterocycles.